The predicted octanol–water partition coefficient (Wildman–Crippen LogP) is 1.98. The van der Waals surface area contributed by atoms with Crippen molar-refractivity contribution in [1.82, 2.24) is 19.8 Å². The number of nitrogens with one attached hydrogen (secondary N) is 1. The van der Waals surface area contributed by atoms with Gasteiger partial charge in [0.05, 0.1) is 31.9 Å². The van der Waals surface area contributed by atoms with Gasteiger partial charge in [0, 0.05) is 11.3 Å². The molecule has 156 valence electrons. The van der Waals surface area contributed by atoms with Crippen LogP contribution in [-0.4, -0.2) is 51.8 Å². The van der Waals surface area contributed by atoms with Gasteiger partial charge in [-0.2, -0.15) is 9.36 Å². The minimum Gasteiger partial charge on any atom is -0.360 e. The highest BCUT2D eigenvalue weighted by Gasteiger charge is 2.22. The molecule has 0 spiro atoms. The first kappa shape index (κ1) is 20.4. The lowest BCUT2D eigenvalue weighted by molar-refractivity contribution is -0.924. The monoisotopic (exact) mass is 423 g/mol. The molecule has 7 nitrogen and oxygen atoms in total. The molecule has 2 heterocycles. The highest BCUT2D eigenvalue weighted by atomic mass is 32.1. The minimum absolute atomic E-state index is 0.0986. The summed E-state index contributed by atoms with van der Waals surface area (Å²) in [4.78, 5) is 15.3. The second-order valence-corrected chi connectivity index (χ2v) is 8.33. The molecule has 0 amide bonds. The molecule has 1 saturated heterocycles. The molecule has 0 bridgehead atoms. The van der Waals surface area contributed by atoms with E-state index in [1.54, 1.807) is 11.6 Å². The Morgan fingerprint density at radius 1 is 1.07 bits per heavy atom. The number of hydrogen-bond donors (Lipinski definition) is 1. The molecule has 0 atom stereocenters. The second-order valence-electron chi connectivity index (χ2n) is 7.96. The smallest absolute Gasteiger partial charge is 0.225 e. The van der Waals surface area contributed by atoms with E-state index in [1.165, 1.54) is 10.5 Å². The number of rotatable bonds is 5. The fourth-order valence-corrected chi connectivity index (χ4v) is 4.07. The number of hydrogen-bond acceptors (Lipinski definition) is 5. The van der Waals surface area contributed by atoms with Gasteiger partial charge in [-0.05, 0) is 84.9 Å². The standard InChI is InChI=1S/C22H26N6OS/c1-16-4-5-17(2)21(14-16)28-22(30)27(23-24-28)15-25-10-12-26(13-11-25)20-8-6-19(7-9-20)18(3)29/h4-9,14H,10-13,15H2,1-3H3/p+1. The quantitative estimate of drug-likeness (QED) is 0.502. The Bertz CT molecular complexity index is 1110. The molecule has 3 aromatic rings. The van der Waals surface area contributed by atoms with E-state index in [0.29, 0.717) is 11.4 Å². The maximum Gasteiger partial charge on any atom is 0.225 e. The third-order valence-electron chi connectivity index (χ3n) is 5.72. The molecule has 1 N–H and O–H groups in total. The molecule has 2 aromatic carbocycles. The highest BCUT2D eigenvalue weighted by Crippen LogP contribution is 2.16. The summed E-state index contributed by atoms with van der Waals surface area (Å²) < 4.78 is 4.20. The lowest BCUT2D eigenvalue weighted by Gasteiger charge is -2.33. The van der Waals surface area contributed by atoms with Crippen LogP contribution in [0.3, 0.4) is 0 Å². The van der Waals surface area contributed by atoms with E-state index in [9.17, 15) is 4.79 Å². The Morgan fingerprint density at radius 2 is 1.77 bits per heavy atom. The average molecular weight is 424 g/mol. The predicted molar refractivity (Wildman–Crippen MR) is 119 cm³/mol. The van der Waals surface area contributed by atoms with E-state index >= 15 is 0 Å². The summed E-state index contributed by atoms with van der Waals surface area (Å²) in [5.41, 5.74) is 5.20. The van der Waals surface area contributed by atoms with Crippen LogP contribution >= 0.6 is 12.2 Å². The van der Waals surface area contributed by atoms with E-state index in [2.05, 4.69) is 47.4 Å². The first-order chi connectivity index (χ1) is 14.4. The largest absolute Gasteiger partial charge is 0.360 e. The van der Waals surface area contributed by atoms with Crippen LogP contribution in [0, 0.1) is 18.6 Å². The topological polar surface area (TPSA) is 60.4 Å². The number of ketones is 1. The average Bonchev–Trinajstić information content (AvgIpc) is 3.10. The zero-order chi connectivity index (χ0) is 21.3. The summed E-state index contributed by atoms with van der Waals surface area (Å²) in [6.45, 7) is 10.3. The van der Waals surface area contributed by atoms with Gasteiger partial charge in [-0.1, -0.05) is 12.1 Å². The van der Waals surface area contributed by atoms with Crippen LogP contribution in [-0.2, 0) is 6.67 Å². The number of carbonyl (C=O) groups excluding carboxylic acids is 1. The van der Waals surface area contributed by atoms with Gasteiger partial charge in [0.15, 0.2) is 12.5 Å². The molecule has 1 aliphatic heterocycles. The van der Waals surface area contributed by atoms with Crippen LogP contribution in [0.4, 0.5) is 5.69 Å². The SMILES string of the molecule is CC(=O)c1ccc(N2CC[NH+](Cn3nnn(-c4cc(C)ccc4C)c3=S)CC2)cc1. The molecule has 0 unspecified atom stereocenters. The number of benzene rings is 2. The van der Waals surface area contributed by atoms with Gasteiger partial charge in [0.2, 0.25) is 4.77 Å². The number of tetrazole rings is 1. The van der Waals surface area contributed by atoms with Gasteiger partial charge >= 0.3 is 0 Å². The van der Waals surface area contributed by atoms with E-state index in [-0.39, 0.29) is 5.78 Å². The first-order valence-electron chi connectivity index (χ1n) is 10.2. The van der Waals surface area contributed by atoms with Gasteiger partial charge in [0.25, 0.3) is 0 Å². The van der Waals surface area contributed by atoms with Gasteiger partial charge in [-0.15, -0.1) is 0 Å². The molecule has 30 heavy (non-hydrogen) atoms. The van der Waals surface area contributed by atoms with Gasteiger partial charge in [-0.25, -0.2) is 0 Å². The zero-order valence-electron chi connectivity index (χ0n) is 17.6. The Labute approximate surface area is 181 Å². The number of quaternary nitrogens is 1. The molecule has 0 saturated carbocycles. The van der Waals surface area contributed by atoms with Gasteiger partial charge in [0.1, 0.15) is 0 Å². The summed E-state index contributed by atoms with van der Waals surface area (Å²) in [7, 11) is 0. The van der Waals surface area contributed by atoms with Crippen molar-refractivity contribution < 1.29 is 9.69 Å². The lowest BCUT2D eigenvalue weighted by atomic mass is 10.1. The van der Waals surface area contributed by atoms with Gasteiger partial charge < -0.3 is 9.80 Å². The van der Waals surface area contributed by atoms with E-state index < -0.39 is 0 Å². The minimum atomic E-state index is 0.0986. The Balaban J connectivity index is 1.41. The number of carbonyl (C=O) groups is 1. The van der Waals surface area contributed by atoms with Crippen LogP contribution in [0.2, 0.25) is 0 Å². The summed E-state index contributed by atoms with van der Waals surface area (Å²) in [5.74, 6) is 0.0986. The maximum atomic E-state index is 11.5. The molecule has 1 fully saturated rings. The first-order valence-corrected chi connectivity index (χ1v) is 10.6. The van der Waals surface area contributed by atoms with E-state index in [1.807, 2.05) is 28.9 Å². The Morgan fingerprint density at radius 3 is 2.43 bits per heavy atom. The molecule has 0 radical (unpaired) electrons. The number of Topliss-reactive ketones (excluding diaryl/α,β-unsaturated/α-hetero) is 1. The van der Waals surface area contributed by atoms with Crippen molar-refractivity contribution in [1.29, 1.82) is 0 Å². The fraction of sp³-hybridized carbons (Fsp3) is 0.364. The van der Waals surface area contributed by atoms with Crippen molar-refractivity contribution in [2.45, 2.75) is 27.4 Å². The normalized spacial score (nSPS) is 14.8. The molecule has 0 aliphatic carbocycles. The summed E-state index contributed by atoms with van der Waals surface area (Å²) in [6, 6.07) is 14.1. The summed E-state index contributed by atoms with van der Waals surface area (Å²) in [5, 5.41) is 8.63. The van der Waals surface area contributed by atoms with Crippen molar-refractivity contribution in [2.75, 3.05) is 31.1 Å². The number of aromatic nitrogens is 4. The highest BCUT2D eigenvalue weighted by molar-refractivity contribution is 7.71. The molecule has 1 aromatic heterocycles. The van der Waals surface area contributed by atoms with Crippen molar-refractivity contribution >= 4 is 23.7 Å². The number of anilines is 1. The van der Waals surface area contributed by atoms with Crippen LogP contribution in [0.1, 0.15) is 28.4 Å². The maximum absolute atomic E-state index is 11.5. The number of aryl methyl sites for hydroxylation is 2. The van der Waals surface area contributed by atoms with E-state index in [4.69, 9.17) is 12.2 Å². The lowest BCUT2D eigenvalue weighted by Crippen LogP contribution is -3.14. The third kappa shape index (κ3) is 4.20. The Kier molecular flexibility index (Phi) is 5.78. The van der Waals surface area contributed by atoms with Crippen molar-refractivity contribution in [3.63, 3.8) is 0 Å². The zero-order valence-corrected chi connectivity index (χ0v) is 18.4. The van der Waals surface area contributed by atoms with E-state index in [0.717, 1.165) is 48.7 Å². The summed E-state index contributed by atoms with van der Waals surface area (Å²) >= 11 is 5.66. The molecule has 4 rings (SSSR count). The number of nitrogens with zero attached hydrogens (tertiary/aromatic N) is 5. The fourth-order valence-electron chi connectivity index (χ4n) is 3.83. The molecule has 1 aliphatic rings. The van der Waals surface area contributed by atoms with Crippen LogP contribution < -0.4 is 9.80 Å². The van der Waals surface area contributed by atoms with Crippen molar-refractivity contribution in [3.8, 4) is 5.69 Å². The Hall–Kier alpha value is -2.84. The van der Waals surface area contributed by atoms with Crippen molar-refractivity contribution in [3.05, 3.63) is 63.9 Å². The van der Waals surface area contributed by atoms with Crippen LogP contribution in [0.25, 0.3) is 5.69 Å². The summed E-state index contributed by atoms with van der Waals surface area (Å²) in [6.07, 6.45) is 0. The number of piperazine rings is 1. The van der Waals surface area contributed by atoms with Crippen LogP contribution in [0.5, 0.6) is 0 Å². The molecular weight excluding hydrogens is 396 g/mol. The molecule has 8 heteroatoms. The third-order valence-corrected chi connectivity index (χ3v) is 6.10. The second kappa shape index (κ2) is 8.49. The van der Waals surface area contributed by atoms with Crippen molar-refractivity contribution in [2.24, 2.45) is 0 Å². The van der Waals surface area contributed by atoms with Crippen LogP contribution in [0.15, 0.2) is 42.5 Å². The van der Waals surface area contributed by atoms with Gasteiger partial charge in [-0.3, -0.25) is 4.79 Å². The molecular formula is C22H27N6OS+.